The van der Waals surface area contributed by atoms with Gasteiger partial charge >= 0.3 is 5.97 Å². The lowest BCUT2D eigenvalue weighted by Crippen LogP contribution is -2.47. The van der Waals surface area contributed by atoms with Crippen LogP contribution in [0.1, 0.15) is 5.56 Å². The molecule has 0 aliphatic carbocycles. The lowest BCUT2D eigenvalue weighted by Gasteiger charge is -2.20. The van der Waals surface area contributed by atoms with E-state index in [2.05, 4.69) is 5.32 Å². The summed E-state index contributed by atoms with van der Waals surface area (Å²) in [6, 6.07) is 3.54. The molecule has 23 heavy (non-hydrogen) atoms. The van der Waals surface area contributed by atoms with Gasteiger partial charge in [0.1, 0.15) is 6.23 Å². The van der Waals surface area contributed by atoms with E-state index >= 15 is 0 Å². The van der Waals surface area contributed by atoms with Crippen molar-refractivity contribution in [2.24, 2.45) is 11.5 Å². The Labute approximate surface area is 142 Å². The molecule has 1 aliphatic heterocycles. The van der Waals surface area contributed by atoms with Crippen LogP contribution in [0, 0.1) is 0 Å². The molecule has 2 rings (SSSR count). The number of carbonyl (C=O) groups excluding carboxylic acids is 1. The maximum atomic E-state index is 11.0. The molecule has 1 fully saturated rings. The summed E-state index contributed by atoms with van der Waals surface area (Å²) in [6.45, 7) is 2.48. The van der Waals surface area contributed by atoms with Crippen LogP contribution in [0.5, 0.6) is 0 Å². The third-order valence-electron chi connectivity index (χ3n) is 2.90. The first-order valence-electron chi connectivity index (χ1n) is 6.48. The average Bonchev–Trinajstić information content (AvgIpc) is 2.46. The van der Waals surface area contributed by atoms with Gasteiger partial charge in [-0.25, -0.2) is 4.79 Å². The summed E-state index contributed by atoms with van der Waals surface area (Å²) in [4.78, 5) is 21.8. The Bertz CT molecular complexity index is 544. The Kier molecular flexibility index (Phi) is 7.20. The minimum Gasteiger partial charge on any atom is -0.478 e. The number of hydrogen-bond acceptors (Lipinski definition) is 6. The number of carbonyl (C=O) groups is 2. The van der Waals surface area contributed by atoms with Crippen molar-refractivity contribution >= 4 is 35.1 Å². The average molecular weight is 366 g/mol. The summed E-state index contributed by atoms with van der Waals surface area (Å²) >= 11 is 11.2. The van der Waals surface area contributed by atoms with Crippen LogP contribution < -0.4 is 16.8 Å². The number of morpholine rings is 1. The van der Waals surface area contributed by atoms with Crippen LogP contribution in [0.15, 0.2) is 18.2 Å². The molecule has 2 atom stereocenters. The molecule has 0 aromatic heterocycles. The zero-order chi connectivity index (χ0) is 17.6. The highest BCUT2D eigenvalue weighted by Crippen LogP contribution is 2.27. The number of carboxylic acid groups (broad SMARTS) is 1. The third kappa shape index (κ3) is 5.31. The lowest BCUT2D eigenvalue weighted by molar-refractivity contribution is -0.166. The first-order valence-corrected chi connectivity index (χ1v) is 7.23. The Hall–Kier alpha value is -1.42. The van der Waals surface area contributed by atoms with E-state index in [4.69, 9.17) is 44.5 Å². The lowest BCUT2D eigenvalue weighted by atomic mass is 9.93. The molecule has 1 saturated heterocycles. The fraction of sp³-hybridized carbons (Fsp3) is 0.385. The predicted octanol–water partition coefficient (Wildman–Crippen LogP) is -0.358. The van der Waals surface area contributed by atoms with Crippen LogP contribution in [-0.4, -0.2) is 48.0 Å². The zero-order valence-corrected chi connectivity index (χ0v) is 13.5. The van der Waals surface area contributed by atoms with Gasteiger partial charge in [-0.1, -0.05) is 23.2 Å². The molecule has 1 aromatic rings. The number of halogens is 2. The summed E-state index contributed by atoms with van der Waals surface area (Å²) in [6.07, 6.45) is -0.0752. The molecule has 0 bridgehead atoms. The fourth-order valence-electron chi connectivity index (χ4n) is 1.72. The van der Waals surface area contributed by atoms with Crippen molar-refractivity contribution in [2.75, 3.05) is 19.7 Å². The Morgan fingerprint density at radius 1 is 1.30 bits per heavy atom. The molecule has 10 heteroatoms. The number of hydrogen-bond donors (Lipinski definition) is 5. The van der Waals surface area contributed by atoms with Crippen molar-refractivity contribution in [3.63, 3.8) is 0 Å². The van der Waals surface area contributed by atoms with Crippen molar-refractivity contribution in [1.82, 2.24) is 5.32 Å². The summed E-state index contributed by atoms with van der Waals surface area (Å²) in [5, 5.41) is 21.8. The van der Waals surface area contributed by atoms with E-state index in [-0.39, 0.29) is 21.8 Å². The van der Waals surface area contributed by atoms with Gasteiger partial charge in [0.05, 0.1) is 6.61 Å². The molecule has 128 valence electrons. The monoisotopic (exact) mass is 365 g/mol. The maximum Gasteiger partial charge on any atom is 0.350 e. The molecule has 1 amide bonds. The van der Waals surface area contributed by atoms with Gasteiger partial charge in [-0.05, 0) is 18.2 Å². The van der Waals surface area contributed by atoms with Crippen LogP contribution in [0.3, 0.4) is 0 Å². The van der Waals surface area contributed by atoms with Gasteiger partial charge in [0, 0.05) is 28.7 Å². The summed E-state index contributed by atoms with van der Waals surface area (Å²) in [5.41, 5.74) is 7.07. The normalized spacial score (nSPS) is 19.9. The fourth-order valence-corrected chi connectivity index (χ4v) is 2.25. The number of amides is 1. The van der Waals surface area contributed by atoms with Crippen molar-refractivity contribution < 1.29 is 24.5 Å². The van der Waals surface area contributed by atoms with Crippen LogP contribution in [-0.2, 0) is 19.9 Å². The molecular formula is C13H17Cl2N3O5. The molecule has 0 radical (unpaired) electrons. The van der Waals surface area contributed by atoms with E-state index in [1.807, 2.05) is 0 Å². The van der Waals surface area contributed by atoms with E-state index in [0.29, 0.717) is 0 Å². The van der Waals surface area contributed by atoms with Crippen molar-refractivity contribution in [2.45, 2.75) is 11.8 Å². The van der Waals surface area contributed by atoms with Crippen LogP contribution >= 0.6 is 23.2 Å². The largest absolute Gasteiger partial charge is 0.478 e. The highest BCUT2D eigenvalue weighted by Gasteiger charge is 2.45. The van der Waals surface area contributed by atoms with Gasteiger partial charge in [0.15, 0.2) is 0 Å². The number of nitrogens with two attached hydrogens (primary N) is 2. The highest BCUT2D eigenvalue weighted by atomic mass is 35.5. The van der Waals surface area contributed by atoms with Crippen LogP contribution in [0.2, 0.25) is 10.0 Å². The second-order valence-corrected chi connectivity index (χ2v) is 5.52. The number of benzene rings is 1. The quantitative estimate of drug-likeness (QED) is 0.459. The molecular weight excluding hydrogens is 349 g/mol. The zero-order valence-electron chi connectivity index (χ0n) is 12.0. The second kappa shape index (κ2) is 8.44. The van der Waals surface area contributed by atoms with Gasteiger partial charge in [-0.3, -0.25) is 4.79 Å². The summed E-state index contributed by atoms with van der Waals surface area (Å²) in [5.74, 6) is -3.21. The molecule has 0 saturated carbocycles. The van der Waals surface area contributed by atoms with Gasteiger partial charge in [-0.2, -0.15) is 0 Å². The van der Waals surface area contributed by atoms with E-state index in [0.717, 1.165) is 31.8 Å². The number of ether oxygens (including phenoxy) is 1. The minimum absolute atomic E-state index is 0.0752. The number of aliphatic carboxylic acids is 1. The van der Waals surface area contributed by atoms with Crippen molar-refractivity contribution in [3.05, 3.63) is 33.8 Å². The van der Waals surface area contributed by atoms with E-state index in [1.54, 1.807) is 0 Å². The molecule has 1 aromatic carbocycles. The van der Waals surface area contributed by atoms with E-state index < -0.39 is 17.5 Å². The number of carboxylic acids is 1. The Morgan fingerprint density at radius 2 is 1.87 bits per heavy atom. The number of aliphatic hydroxyl groups is 1. The smallest absolute Gasteiger partial charge is 0.350 e. The summed E-state index contributed by atoms with van der Waals surface area (Å²) in [7, 11) is 0. The number of primary amides is 1. The topological polar surface area (TPSA) is 148 Å². The summed E-state index contributed by atoms with van der Waals surface area (Å²) < 4.78 is 4.99. The van der Waals surface area contributed by atoms with Gasteiger partial charge in [0.2, 0.25) is 0 Å². The van der Waals surface area contributed by atoms with Gasteiger partial charge in [-0.15, -0.1) is 0 Å². The standard InChI is InChI=1S/C9H7Cl2NO4.C4H10N2O/c10-5-1-4(2-6(11)3-5)9(16,7(12)13)8(14)15;5-4-3-6-1-2-7-4/h1-3,16H,(H2,12,13)(H,14,15);4,6H,1-3,5H2. The van der Waals surface area contributed by atoms with Gasteiger partial charge < -0.3 is 31.7 Å². The first kappa shape index (κ1) is 19.6. The Balaban J connectivity index is 0.000000313. The van der Waals surface area contributed by atoms with Crippen molar-refractivity contribution in [1.29, 1.82) is 0 Å². The molecule has 2 unspecified atom stereocenters. The molecule has 1 heterocycles. The number of rotatable bonds is 3. The van der Waals surface area contributed by atoms with Gasteiger partial charge in [0.25, 0.3) is 11.5 Å². The molecule has 8 nitrogen and oxygen atoms in total. The second-order valence-electron chi connectivity index (χ2n) is 4.65. The molecule has 7 N–H and O–H groups in total. The predicted molar refractivity (Wildman–Crippen MR) is 84.0 cm³/mol. The molecule has 0 spiro atoms. The van der Waals surface area contributed by atoms with E-state index in [9.17, 15) is 14.7 Å². The molecule has 1 aliphatic rings. The van der Waals surface area contributed by atoms with Crippen molar-refractivity contribution in [3.8, 4) is 0 Å². The minimum atomic E-state index is -2.84. The first-order chi connectivity index (χ1) is 10.7. The van der Waals surface area contributed by atoms with E-state index in [1.165, 1.54) is 6.07 Å². The van der Waals surface area contributed by atoms with Crippen LogP contribution in [0.25, 0.3) is 0 Å². The van der Waals surface area contributed by atoms with Crippen LogP contribution in [0.4, 0.5) is 0 Å². The SMILES string of the molecule is NC(=O)C(O)(C(=O)O)c1cc(Cl)cc(Cl)c1.NC1CNCCO1. The third-order valence-corrected chi connectivity index (χ3v) is 3.34. The highest BCUT2D eigenvalue weighted by molar-refractivity contribution is 6.34. The Morgan fingerprint density at radius 3 is 2.17 bits per heavy atom. The maximum absolute atomic E-state index is 11.0. The number of nitrogens with one attached hydrogen (secondary N) is 1.